The second kappa shape index (κ2) is 2.55. The van der Waals surface area contributed by atoms with Gasteiger partial charge in [0.05, 0.1) is 11.0 Å². The number of nitrogens with zero attached hydrogens (tertiary/aromatic N) is 3. The topological polar surface area (TPSA) is 53.6 Å². The maximum atomic E-state index is 8.39. The molecule has 0 radical (unpaired) electrons. The van der Waals surface area contributed by atoms with Gasteiger partial charge in [0.2, 0.25) is 0 Å². The summed E-state index contributed by atoms with van der Waals surface area (Å²) in [5, 5.41) is 8.39. The van der Waals surface area contributed by atoms with Gasteiger partial charge in [-0.15, -0.1) is 0 Å². The number of nitriles is 1. The van der Waals surface area contributed by atoms with Gasteiger partial charge in [-0.3, -0.25) is 0 Å². The van der Waals surface area contributed by atoms with Crippen molar-refractivity contribution >= 4 is 11.0 Å². The molecule has 58 valence electrons. The van der Waals surface area contributed by atoms with E-state index in [9.17, 15) is 0 Å². The van der Waals surface area contributed by atoms with Crippen LogP contribution in [0.2, 0.25) is 0 Å². The summed E-state index contributed by atoms with van der Waals surface area (Å²) in [5.41, 5.74) is 4.27. The van der Waals surface area contributed by atoms with Crippen molar-refractivity contribution in [3.63, 3.8) is 0 Å². The predicted octanol–water partition coefficient (Wildman–Crippen LogP) is 1.06. The Morgan fingerprint density at radius 3 is 3.08 bits per heavy atom. The van der Waals surface area contributed by atoms with Crippen molar-refractivity contribution < 1.29 is 0 Å². The number of aromatic nitrogens is 2. The van der Waals surface area contributed by atoms with Gasteiger partial charge in [0.15, 0.2) is 6.19 Å². The van der Waals surface area contributed by atoms with E-state index in [1.807, 2.05) is 30.5 Å². The van der Waals surface area contributed by atoms with E-state index in [0.717, 1.165) is 11.0 Å². The van der Waals surface area contributed by atoms with Crippen LogP contribution >= 0.6 is 0 Å². The second-order valence-electron chi connectivity index (χ2n) is 2.33. The Labute approximate surface area is 69.0 Å². The summed E-state index contributed by atoms with van der Waals surface area (Å²) in [5.74, 6) is 0. The van der Waals surface area contributed by atoms with Crippen LogP contribution in [0.25, 0.3) is 11.0 Å². The van der Waals surface area contributed by atoms with Crippen LogP contribution in [0, 0.1) is 11.5 Å². The zero-order chi connectivity index (χ0) is 8.39. The van der Waals surface area contributed by atoms with Crippen LogP contribution in [0.3, 0.4) is 0 Å². The molecule has 12 heavy (non-hydrogen) atoms. The van der Waals surface area contributed by atoms with Crippen LogP contribution in [-0.2, 0) is 0 Å². The van der Waals surface area contributed by atoms with E-state index >= 15 is 0 Å². The Kier molecular flexibility index (Phi) is 1.42. The van der Waals surface area contributed by atoms with Crippen molar-refractivity contribution in [2.75, 3.05) is 5.43 Å². The molecule has 1 N–H and O–H groups in total. The van der Waals surface area contributed by atoms with Crippen LogP contribution < -0.4 is 5.43 Å². The maximum absolute atomic E-state index is 8.39. The summed E-state index contributed by atoms with van der Waals surface area (Å²) >= 11 is 0. The fourth-order valence-electron chi connectivity index (χ4n) is 1.10. The first kappa shape index (κ1) is 6.68. The highest BCUT2D eigenvalue weighted by Crippen LogP contribution is 2.09. The zero-order valence-corrected chi connectivity index (χ0v) is 6.23. The third kappa shape index (κ3) is 0.883. The van der Waals surface area contributed by atoms with Gasteiger partial charge in [0, 0.05) is 0 Å². The standard InChI is InChI=1S/C8H6N4/c9-5-11-12-6-10-7-3-1-2-4-8(7)12/h1-4,6,11H. The Hall–Kier alpha value is -2.02. The van der Waals surface area contributed by atoms with E-state index in [1.165, 1.54) is 0 Å². The first-order valence-electron chi connectivity index (χ1n) is 3.49. The van der Waals surface area contributed by atoms with Gasteiger partial charge in [0.1, 0.15) is 6.33 Å². The summed E-state index contributed by atoms with van der Waals surface area (Å²) in [7, 11) is 0. The van der Waals surface area contributed by atoms with E-state index in [1.54, 1.807) is 11.0 Å². The van der Waals surface area contributed by atoms with Crippen molar-refractivity contribution in [2.45, 2.75) is 0 Å². The third-order valence-corrected chi connectivity index (χ3v) is 1.62. The quantitative estimate of drug-likeness (QED) is 0.498. The fraction of sp³-hybridized carbons (Fsp3) is 0. The molecule has 0 atom stereocenters. The zero-order valence-electron chi connectivity index (χ0n) is 6.23. The van der Waals surface area contributed by atoms with E-state index in [2.05, 4.69) is 10.4 Å². The van der Waals surface area contributed by atoms with E-state index in [4.69, 9.17) is 5.26 Å². The lowest BCUT2D eigenvalue weighted by molar-refractivity contribution is 0.990. The molecule has 1 aromatic heterocycles. The molecule has 0 amide bonds. The van der Waals surface area contributed by atoms with Crippen molar-refractivity contribution in [3.8, 4) is 6.19 Å². The van der Waals surface area contributed by atoms with E-state index in [-0.39, 0.29) is 0 Å². The number of para-hydroxylation sites is 2. The van der Waals surface area contributed by atoms with Gasteiger partial charge in [-0.05, 0) is 12.1 Å². The number of hydrogen-bond donors (Lipinski definition) is 1. The first-order valence-corrected chi connectivity index (χ1v) is 3.49. The lowest BCUT2D eigenvalue weighted by Gasteiger charge is -1.96. The molecular formula is C8H6N4. The number of hydrogen-bond acceptors (Lipinski definition) is 3. The Morgan fingerprint density at radius 2 is 2.25 bits per heavy atom. The van der Waals surface area contributed by atoms with Gasteiger partial charge in [-0.2, -0.15) is 5.26 Å². The molecule has 0 saturated carbocycles. The molecule has 0 saturated heterocycles. The minimum atomic E-state index is 0.875. The summed E-state index contributed by atoms with van der Waals surface area (Å²) in [6, 6.07) is 7.60. The SMILES string of the molecule is N#CNn1cnc2ccccc21. The summed E-state index contributed by atoms with van der Waals surface area (Å²) in [4.78, 5) is 4.09. The highest BCUT2D eigenvalue weighted by atomic mass is 15.4. The van der Waals surface area contributed by atoms with Crippen molar-refractivity contribution in [1.82, 2.24) is 9.66 Å². The van der Waals surface area contributed by atoms with Gasteiger partial charge in [-0.25, -0.2) is 15.1 Å². The predicted molar refractivity (Wildman–Crippen MR) is 44.7 cm³/mol. The summed E-state index contributed by atoms with van der Waals surface area (Å²) in [6.45, 7) is 0. The molecule has 0 unspecified atom stereocenters. The Bertz CT molecular complexity index is 437. The molecule has 0 aliphatic rings. The molecule has 4 nitrogen and oxygen atoms in total. The molecule has 4 heteroatoms. The van der Waals surface area contributed by atoms with Crippen molar-refractivity contribution in [3.05, 3.63) is 30.6 Å². The van der Waals surface area contributed by atoms with Gasteiger partial charge in [-0.1, -0.05) is 12.1 Å². The Morgan fingerprint density at radius 1 is 1.42 bits per heavy atom. The Balaban J connectivity index is 2.64. The molecule has 2 rings (SSSR count). The van der Waals surface area contributed by atoms with Crippen molar-refractivity contribution in [2.24, 2.45) is 0 Å². The smallest absolute Gasteiger partial charge is 0.197 e. The van der Waals surface area contributed by atoms with Crippen LogP contribution in [0.5, 0.6) is 0 Å². The molecule has 0 fully saturated rings. The second-order valence-corrected chi connectivity index (χ2v) is 2.33. The molecular weight excluding hydrogens is 152 g/mol. The summed E-state index contributed by atoms with van der Waals surface area (Å²) in [6.07, 6.45) is 3.41. The normalized spacial score (nSPS) is 9.58. The average Bonchev–Trinajstić information content (AvgIpc) is 2.50. The first-order chi connectivity index (χ1) is 5.92. The number of rotatable bonds is 1. The maximum Gasteiger partial charge on any atom is 0.197 e. The minimum Gasteiger partial charge on any atom is -0.235 e. The molecule has 0 aliphatic carbocycles. The number of nitrogens with one attached hydrogen (secondary N) is 1. The van der Waals surface area contributed by atoms with Crippen LogP contribution in [0.1, 0.15) is 0 Å². The van der Waals surface area contributed by atoms with Crippen LogP contribution in [0.4, 0.5) is 0 Å². The molecule has 1 aromatic carbocycles. The fourth-order valence-corrected chi connectivity index (χ4v) is 1.10. The minimum absolute atomic E-state index is 0.875. The van der Waals surface area contributed by atoms with Crippen molar-refractivity contribution in [1.29, 1.82) is 5.26 Å². The number of fused-ring (bicyclic) bond motifs is 1. The lowest BCUT2D eigenvalue weighted by Crippen LogP contribution is -2.05. The monoisotopic (exact) mass is 158 g/mol. The lowest BCUT2D eigenvalue weighted by atomic mass is 10.3. The number of benzene rings is 1. The van der Waals surface area contributed by atoms with Crippen LogP contribution in [0.15, 0.2) is 30.6 Å². The number of imidazole rings is 1. The molecule has 0 aliphatic heterocycles. The molecule has 0 bridgehead atoms. The average molecular weight is 158 g/mol. The highest BCUT2D eigenvalue weighted by molar-refractivity contribution is 5.75. The largest absolute Gasteiger partial charge is 0.235 e. The van der Waals surface area contributed by atoms with Crippen LogP contribution in [-0.4, -0.2) is 9.66 Å². The van der Waals surface area contributed by atoms with Gasteiger partial charge >= 0.3 is 0 Å². The van der Waals surface area contributed by atoms with E-state index in [0.29, 0.717) is 0 Å². The third-order valence-electron chi connectivity index (χ3n) is 1.62. The summed E-state index contributed by atoms with van der Waals surface area (Å²) < 4.78 is 1.58. The molecule has 0 spiro atoms. The van der Waals surface area contributed by atoms with Gasteiger partial charge in [0.25, 0.3) is 0 Å². The molecule has 1 heterocycles. The molecule has 2 aromatic rings. The highest BCUT2D eigenvalue weighted by Gasteiger charge is 1.98. The van der Waals surface area contributed by atoms with Gasteiger partial charge < -0.3 is 0 Å². The van der Waals surface area contributed by atoms with E-state index < -0.39 is 0 Å².